The number of rotatable bonds is 4. The fourth-order valence-electron chi connectivity index (χ4n) is 2.87. The number of anilines is 1. The van der Waals surface area contributed by atoms with Gasteiger partial charge in [-0.2, -0.15) is 0 Å². The molecule has 98 valence electrons. The SMILES string of the molecule is CCC1CCC(=O)C(CN(C)c2ccccc2)C1. The molecule has 0 spiro atoms. The largest absolute Gasteiger partial charge is 0.374 e. The van der Waals surface area contributed by atoms with E-state index in [0.29, 0.717) is 5.78 Å². The molecule has 1 aromatic rings. The zero-order valence-electron chi connectivity index (χ0n) is 11.4. The second kappa shape index (κ2) is 6.03. The average molecular weight is 245 g/mol. The lowest BCUT2D eigenvalue weighted by Crippen LogP contribution is -2.34. The van der Waals surface area contributed by atoms with Crippen LogP contribution < -0.4 is 4.90 Å². The van der Waals surface area contributed by atoms with Gasteiger partial charge in [0.05, 0.1) is 0 Å². The average Bonchev–Trinajstić information content (AvgIpc) is 2.42. The molecule has 0 aromatic heterocycles. The predicted octanol–water partition coefficient (Wildman–Crippen LogP) is 3.52. The normalized spacial score (nSPS) is 24.0. The number of nitrogens with zero attached hydrogens (tertiary/aromatic N) is 1. The highest BCUT2D eigenvalue weighted by Crippen LogP contribution is 2.29. The van der Waals surface area contributed by atoms with E-state index in [0.717, 1.165) is 31.7 Å². The quantitative estimate of drug-likeness (QED) is 0.809. The molecule has 0 N–H and O–H groups in total. The minimum atomic E-state index is 0.230. The molecule has 1 aliphatic carbocycles. The van der Waals surface area contributed by atoms with E-state index in [2.05, 4.69) is 31.0 Å². The van der Waals surface area contributed by atoms with Crippen molar-refractivity contribution in [1.82, 2.24) is 0 Å². The Morgan fingerprint density at radius 2 is 2.00 bits per heavy atom. The van der Waals surface area contributed by atoms with Gasteiger partial charge in [-0.3, -0.25) is 4.79 Å². The lowest BCUT2D eigenvalue weighted by Gasteiger charge is -2.31. The van der Waals surface area contributed by atoms with Crippen molar-refractivity contribution < 1.29 is 4.79 Å². The fourth-order valence-corrected chi connectivity index (χ4v) is 2.87. The summed E-state index contributed by atoms with van der Waals surface area (Å²) < 4.78 is 0. The van der Waals surface area contributed by atoms with Gasteiger partial charge in [0.25, 0.3) is 0 Å². The van der Waals surface area contributed by atoms with Crippen LogP contribution in [0, 0.1) is 11.8 Å². The van der Waals surface area contributed by atoms with Gasteiger partial charge < -0.3 is 4.90 Å². The van der Waals surface area contributed by atoms with E-state index in [1.165, 1.54) is 12.1 Å². The third-order valence-electron chi connectivity index (χ3n) is 4.14. The Morgan fingerprint density at radius 1 is 1.28 bits per heavy atom. The lowest BCUT2D eigenvalue weighted by molar-refractivity contribution is -0.125. The predicted molar refractivity (Wildman–Crippen MR) is 75.8 cm³/mol. The first-order valence-corrected chi connectivity index (χ1v) is 6.99. The number of benzene rings is 1. The minimum Gasteiger partial charge on any atom is -0.374 e. The summed E-state index contributed by atoms with van der Waals surface area (Å²) in [4.78, 5) is 14.2. The number of Topliss-reactive ketones (excluding diaryl/α,β-unsaturated/α-hetero) is 1. The molecule has 1 aromatic carbocycles. The van der Waals surface area contributed by atoms with Gasteiger partial charge in [-0.25, -0.2) is 0 Å². The highest BCUT2D eigenvalue weighted by atomic mass is 16.1. The molecule has 2 rings (SSSR count). The van der Waals surface area contributed by atoms with Crippen LogP contribution in [0.4, 0.5) is 5.69 Å². The second-order valence-corrected chi connectivity index (χ2v) is 5.43. The van der Waals surface area contributed by atoms with Gasteiger partial charge >= 0.3 is 0 Å². The number of carbonyl (C=O) groups excluding carboxylic acids is 1. The van der Waals surface area contributed by atoms with Gasteiger partial charge in [-0.15, -0.1) is 0 Å². The smallest absolute Gasteiger partial charge is 0.137 e. The van der Waals surface area contributed by atoms with Crippen molar-refractivity contribution in [3.8, 4) is 0 Å². The van der Waals surface area contributed by atoms with E-state index in [-0.39, 0.29) is 5.92 Å². The molecule has 0 heterocycles. The van der Waals surface area contributed by atoms with Crippen LogP contribution in [0.15, 0.2) is 30.3 Å². The Kier molecular flexibility index (Phi) is 4.40. The molecule has 2 heteroatoms. The Labute approximate surface area is 110 Å². The molecule has 0 amide bonds. The molecule has 2 atom stereocenters. The van der Waals surface area contributed by atoms with Crippen molar-refractivity contribution >= 4 is 11.5 Å². The third kappa shape index (κ3) is 3.12. The summed E-state index contributed by atoms with van der Waals surface area (Å²) in [5.74, 6) is 1.44. The fraction of sp³-hybridized carbons (Fsp3) is 0.562. The van der Waals surface area contributed by atoms with E-state index in [9.17, 15) is 4.79 Å². The molecule has 0 radical (unpaired) electrons. The first kappa shape index (κ1) is 13.1. The van der Waals surface area contributed by atoms with Crippen LogP contribution >= 0.6 is 0 Å². The summed E-state index contributed by atoms with van der Waals surface area (Å²) in [5.41, 5.74) is 1.20. The lowest BCUT2D eigenvalue weighted by atomic mass is 9.79. The monoisotopic (exact) mass is 245 g/mol. The summed E-state index contributed by atoms with van der Waals surface area (Å²) in [6, 6.07) is 10.3. The van der Waals surface area contributed by atoms with Crippen molar-refractivity contribution in [2.24, 2.45) is 11.8 Å². The van der Waals surface area contributed by atoms with E-state index in [4.69, 9.17) is 0 Å². The second-order valence-electron chi connectivity index (χ2n) is 5.43. The highest BCUT2D eigenvalue weighted by molar-refractivity contribution is 5.82. The molecule has 1 fully saturated rings. The van der Waals surface area contributed by atoms with Gasteiger partial charge in [0, 0.05) is 31.6 Å². The maximum absolute atomic E-state index is 12.0. The van der Waals surface area contributed by atoms with Crippen LogP contribution in [0.5, 0.6) is 0 Å². The Morgan fingerprint density at radius 3 is 2.67 bits per heavy atom. The topological polar surface area (TPSA) is 20.3 Å². The van der Waals surface area contributed by atoms with Gasteiger partial charge in [0.15, 0.2) is 0 Å². The summed E-state index contributed by atoms with van der Waals surface area (Å²) in [5, 5.41) is 0. The molecule has 0 aliphatic heterocycles. The summed E-state index contributed by atoms with van der Waals surface area (Å²) in [6.45, 7) is 3.10. The van der Waals surface area contributed by atoms with E-state index in [1.54, 1.807) is 0 Å². The first-order valence-electron chi connectivity index (χ1n) is 6.99. The molecule has 0 saturated heterocycles. The number of carbonyl (C=O) groups is 1. The van der Waals surface area contributed by atoms with Crippen LogP contribution in [-0.4, -0.2) is 19.4 Å². The van der Waals surface area contributed by atoms with Crippen molar-refractivity contribution in [3.63, 3.8) is 0 Å². The third-order valence-corrected chi connectivity index (χ3v) is 4.14. The number of para-hydroxylation sites is 1. The maximum Gasteiger partial charge on any atom is 0.137 e. The minimum absolute atomic E-state index is 0.230. The molecule has 0 bridgehead atoms. The van der Waals surface area contributed by atoms with Gasteiger partial charge in [0.1, 0.15) is 5.78 Å². The van der Waals surface area contributed by atoms with Crippen LogP contribution in [0.3, 0.4) is 0 Å². The van der Waals surface area contributed by atoms with Crippen molar-refractivity contribution in [2.45, 2.75) is 32.6 Å². The van der Waals surface area contributed by atoms with E-state index in [1.807, 2.05) is 18.2 Å². The highest BCUT2D eigenvalue weighted by Gasteiger charge is 2.28. The molecule has 2 unspecified atom stereocenters. The molecule has 2 nitrogen and oxygen atoms in total. The van der Waals surface area contributed by atoms with Crippen LogP contribution in [0.1, 0.15) is 32.6 Å². The van der Waals surface area contributed by atoms with Gasteiger partial charge in [-0.1, -0.05) is 31.5 Å². The van der Waals surface area contributed by atoms with Crippen LogP contribution in [-0.2, 0) is 4.79 Å². The number of ketones is 1. The summed E-state index contributed by atoms with van der Waals surface area (Å²) >= 11 is 0. The standard InChI is InChI=1S/C16H23NO/c1-3-13-9-10-16(18)14(11-13)12-17(2)15-7-5-4-6-8-15/h4-8,13-14H,3,9-12H2,1-2H3. The van der Waals surface area contributed by atoms with E-state index >= 15 is 0 Å². The summed E-state index contributed by atoms with van der Waals surface area (Å²) in [6.07, 6.45) is 4.16. The molecule has 1 aliphatic rings. The Hall–Kier alpha value is -1.31. The molecular formula is C16H23NO. The molecule has 1 saturated carbocycles. The van der Waals surface area contributed by atoms with Crippen molar-refractivity contribution in [1.29, 1.82) is 0 Å². The van der Waals surface area contributed by atoms with Gasteiger partial charge in [0.2, 0.25) is 0 Å². The number of hydrogen-bond acceptors (Lipinski definition) is 2. The molecule has 18 heavy (non-hydrogen) atoms. The van der Waals surface area contributed by atoms with E-state index < -0.39 is 0 Å². The summed E-state index contributed by atoms with van der Waals surface area (Å²) in [7, 11) is 2.08. The number of hydrogen-bond donors (Lipinski definition) is 0. The van der Waals surface area contributed by atoms with Crippen LogP contribution in [0.2, 0.25) is 0 Å². The van der Waals surface area contributed by atoms with Gasteiger partial charge in [-0.05, 0) is 30.9 Å². The first-order chi connectivity index (χ1) is 8.70. The van der Waals surface area contributed by atoms with Crippen molar-refractivity contribution in [2.75, 3.05) is 18.5 Å². The Bertz CT molecular complexity index is 387. The zero-order valence-corrected chi connectivity index (χ0v) is 11.4. The Balaban J connectivity index is 1.97. The zero-order chi connectivity index (χ0) is 13.0. The van der Waals surface area contributed by atoms with Crippen LogP contribution in [0.25, 0.3) is 0 Å². The molecular weight excluding hydrogens is 222 g/mol. The maximum atomic E-state index is 12.0. The van der Waals surface area contributed by atoms with Crippen molar-refractivity contribution in [3.05, 3.63) is 30.3 Å².